The highest BCUT2D eigenvalue weighted by molar-refractivity contribution is 7.89. The fraction of sp³-hybridized carbons (Fsp3) is 0.500. The molecule has 1 aromatic heterocycles. The van der Waals surface area contributed by atoms with Crippen LogP contribution >= 0.6 is 0 Å². The number of fused-ring (bicyclic) bond motifs is 1. The number of aliphatic hydroxyl groups excluding tert-OH is 1. The summed E-state index contributed by atoms with van der Waals surface area (Å²) in [6, 6.07) is 10.3. The van der Waals surface area contributed by atoms with Gasteiger partial charge in [-0.3, -0.25) is 9.88 Å². The molecule has 3 atom stereocenters. The first kappa shape index (κ1) is 26.2. The Morgan fingerprint density at radius 1 is 1.32 bits per heavy atom. The van der Waals surface area contributed by atoms with Gasteiger partial charge in [0.2, 0.25) is 10.0 Å². The molecule has 3 rings (SSSR count). The van der Waals surface area contributed by atoms with Crippen molar-refractivity contribution in [2.75, 3.05) is 26.7 Å². The summed E-state index contributed by atoms with van der Waals surface area (Å²) in [6.45, 7) is 7.01. The first-order valence-corrected chi connectivity index (χ1v) is 13.2. The third kappa shape index (κ3) is 6.36. The summed E-state index contributed by atoms with van der Waals surface area (Å²) in [5, 5.41) is 9.78. The smallest absolute Gasteiger partial charge is 0.247 e. The quantitative estimate of drug-likeness (QED) is 0.607. The Morgan fingerprint density at radius 2 is 2.12 bits per heavy atom. The second kappa shape index (κ2) is 11.8. The molecule has 1 aliphatic rings. The molecule has 0 saturated carbocycles. The van der Waals surface area contributed by atoms with Crippen molar-refractivity contribution in [1.29, 1.82) is 0 Å². The molecular weight excluding hydrogens is 450 g/mol. The van der Waals surface area contributed by atoms with Crippen LogP contribution in [-0.2, 0) is 16.6 Å². The molecule has 0 amide bonds. The number of hydrogen-bond donors (Lipinski definition) is 1. The lowest BCUT2D eigenvalue weighted by molar-refractivity contribution is 0.0730. The second-order valence-corrected chi connectivity index (χ2v) is 10.8. The van der Waals surface area contributed by atoms with Gasteiger partial charge < -0.3 is 9.84 Å². The first-order valence-electron chi connectivity index (χ1n) is 11.8. The minimum Gasteiger partial charge on any atom is -0.487 e. The van der Waals surface area contributed by atoms with Crippen molar-refractivity contribution in [1.82, 2.24) is 14.2 Å². The second-order valence-electron chi connectivity index (χ2n) is 8.97. The fourth-order valence-electron chi connectivity index (χ4n) is 3.95. The number of likely N-dealkylation sites (N-methyl/N-ethyl adjacent to an activating group) is 1. The van der Waals surface area contributed by atoms with Crippen LogP contribution in [0.4, 0.5) is 0 Å². The van der Waals surface area contributed by atoms with Crippen LogP contribution in [0.3, 0.4) is 0 Å². The van der Waals surface area contributed by atoms with Crippen molar-refractivity contribution in [3.05, 3.63) is 53.9 Å². The van der Waals surface area contributed by atoms with Crippen LogP contribution in [0.15, 0.2) is 47.5 Å². The van der Waals surface area contributed by atoms with Crippen LogP contribution in [-0.4, -0.2) is 66.6 Å². The van der Waals surface area contributed by atoms with Crippen molar-refractivity contribution >= 4 is 10.0 Å². The lowest BCUT2D eigenvalue weighted by Gasteiger charge is -2.37. The van der Waals surface area contributed by atoms with Crippen molar-refractivity contribution < 1.29 is 18.3 Å². The van der Waals surface area contributed by atoms with Crippen molar-refractivity contribution in [3.8, 4) is 17.6 Å². The van der Waals surface area contributed by atoms with E-state index in [1.165, 1.54) is 4.31 Å². The third-order valence-corrected chi connectivity index (χ3v) is 7.94. The summed E-state index contributed by atoms with van der Waals surface area (Å²) in [5.74, 6) is 6.41. The highest BCUT2D eigenvalue weighted by Gasteiger charge is 2.38. The molecule has 0 unspecified atom stereocenters. The SMILES string of the molecule is CCCC#Cc1ccc2c(c1)O[C@@H](CN(C)Cc1ccccn1)[C@@H](C)CN([C@H](C)CO)S2(=O)=O. The van der Waals surface area contributed by atoms with E-state index in [0.29, 0.717) is 18.8 Å². The van der Waals surface area contributed by atoms with Gasteiger partial charge in [0.05, 0.1) is 12.3 Å². The Hall–Kier alpha value is -2.44. The van der Waals surface area contributed by atoms with Gasteiger partial charge in [0.25, 0.3) is 0 Å². The average molecular weight is 486 g/mol. The van der Waals surface area contributed by atoms with E-state index in [4.69, 9.17) is 4.74 Å². The Balaban J connectivity index is 1.97. The summed E-state index contributed by atoms with van der Waals surface area (Å²) in [6.07, 6.45) is 3.24. The van der Waals surface area contributed by atoms with Crippen LogP contribution in [0, 0.1) is 17.8 Å². The molecule has 184 valence electrons. The maximum absolute atomic E-state index is 13.5. The van der Waals surface area contributed by atoms with Crippen molar-refractivity contribution in [2.24, 2.45) is 5.92 Å². The largest absolute Gasteiger partial charge is 0.487 e. The lowest BCUT2D eigenvalue weighted by atomic mass is 10.0. The van der Waals surface area contributed by atoms with Crippen LogP contribution in [0.1, 0.15) is 44.9 Å². The van der Waals surface area contributed by atoms with Crippen LogP contribution in [0.2, 0.25) is 0 Å². The number of nitrogens with zero attached hydrogens (tertiary/aromatic N) is 3. The summed E-state index contributed by atoms with van der Waals surface area (Å²) in [4.78, 5) is 6.64. The van der Waals surface area contributed by atoms with Gasteiger partial charge in [0, 0.05) is 49.8 Å². The molecule has 0 radical (unpaired) electrons. The van der Waals surface area contributed by atoms with E-state index in [-0.39, 0.29) is 30.1 Å². The fourth-order valence-corrected chi connectivity index (χ4v) is 5.78. The van der Waals surface area contributed by atoms with Gasteiger partial charge in [0.15, 0.2) is 0 Å². The molecule has 0 bridgehead atoms. The van der Waals surface area contributed by atoms with E-state index in [0.717, 1.165) is 24.1 Å². The molecule has 0 fully saturated rings. The van der Waals surface area contributed by atoms with Gasteiger partial charge in [-0.2, -0.15) is 4.31 Å². The van der Waals surface area contributed by atoms with Gasteiger partial charge >= 0.3 is 0 Å². The molecule has 0 aliphatic carbocycles. The molecule has 2 aromatic rings. The monoisotopic (exact) mass is 485 g/mol. The molecule has 8 heteroatoms. The third-order valence-electron chi connectivity index (χ3n) is 5.92. The van der Waals surface area contributed by atoms with E-state index >= 15 is 0 Å². The van der Waals surface area contributed by atoms with E-state index in [2.05, 4.69) is 28.6 Å². The number of benzene rings is 1. The Kier molecular flexibility index (Phi) is 9.09. The Bertz CT molecular complexity index is 1110. The zero-order valence-corrected chi connectivity index (χ0v) is 21.3. The minimum atomic E-state index is -3.85. The molecule has 2 heterocycles. The number of ether oxygens (including phenoxy) is 1. The molecular formula is C26H35N3O4S. The number of unbranched alkanes of at least 4 members (excludes halogenated alkanes) is 1. The van der Waals surface area contributed by atoms with E-state index in [1.54, 1.807) is 31.3 Å². The average Bonchev–Trinajstić information content (AvgIpc) is 2.81. The molecule has 1 N–H and O–H groups in total. The number of aromatic nitrogens is 1. The van der Waals surface area contributed by atoms with Crippen LogP contribution in [0.25, 0.3) is 0 Å². The standard InChI is InChI=1S/C26H35N3O4S/c1-5-6-7-10-22-12-13-26-24(15-22)33-25(18-28(4)17-23-11-8-9-14-27-23)20(2)16-29(21(3)19-30)34(26,31)32/h8-9,11-15,20-21,25,30H,5-6,16-19H2,1-4H3/t20-,21+,25-/m0/s1. The lowest BCUT2D eigenvalue weighted by Crippen LogP contribution is -2.49. The first-order chi connectivity index (χ1) is 16.3. The summed E-state index contributed by atoms with van der Waals surface area (Å²) in [5.41, 5.74) is 1.67. The van der Waals surface area contributed by atoms with E-state index in [1.807, 2.05) is 32.2 Å². The van der Waals surface area contributed by atoms with E-state index in [9.17, 15) is 13.5 Å². The van der Waals surface area contributed by atoms with Gasteiger partial charge in [-0.15, -0.1) is 0 Å². The molecule has 1 aromatic carbocycles. The maximum atomic E-state index is 13.5. The predicted octanol–water partition coefficient (Wildman–Crippen LogP) is 3.13. The highest BCUT2D eigenvalue weighted by Crippen LogP contribution is 2.34. The number of sulfonamides is 1. The van der Waals surface area contributed by atoms with Crippen LogP contribution in [0.5, 0.6) is 5.75 Å². The van der Waals surface area contributed by atoms with Gasteiger partial charge in [-0.05, 0) is 50.7 Å². The van der Waals surface area contributed by atoms with Gasteiger partial charge in [-0.25, -0.2) is 8.42 Å². The maximum Gasteiger partial charge on any atom is 0.247 e. The predicted molar refractivity (Wildman–Crippen MR) is 133 cm³/mol. The number of pyridine rings is 1. The Morgan fingerprint density at radius 3 is 2.79 bits per heavy atom. The van der Waals surface area contributed by atoms with Crippen molar-refractivity contribution in [2.45, 2.75) is 57.2 Å². The highest BCUT2D eigenvalue weighted by atomic mass is 32.2. The van der Waals surface area contributed by atoms with Gasteiger partial charge in [0.1, 0.15) is 16.7 Å². The number of rotatable bonds is 7. The minimum absolute atomic E-state index is 0.109. The molecule has 0 saturated heterocycles. The summed E-state index contributed by atoms with van der Waals surface area (Å²) in [7, 11) is -1.85. The normalized spacial score (nSPS) is 20.9. The van der Waals surface area contributed by atoms with Crippen molar-refractivity contribution in [3.63, 3.8) is 0 Å². The molecule has 1 aliphatic heterocycles. The summed E-state index contributed by atoms with van der Waals surface area (Å²) < 4.78 is 34.9. The van der Waals surface area contributed by atoms with Crippen LogP contribution < -0.4 is 4.74 Å². The zero-order chi connectivity index (χ0) is 24.7. The zero-order valence-electron chi connectivity index (χ0n) is 20.4. The molecule has 7 nitrogen and oxygen atoms in total. The van der Waals surface area contributed by atoms with Gasteiger partial charge in [-0.1, -0.05) is 31.8 Å². The Labute approximate surface area is 203 Å². The molecule has 34 heavy (non-hydrogen) atoms. The molecule has 0 spiro atoms. The van der Waals surface area contributed by atoms with E-state index < -0.39 is 16.1 Å². The number of hydrogen-bond acceptors (Lipinski definition) is 6. The summed E-state index contributed by atoms with van der Waals surface area (Å²) >= 11 is 0. The topological polar surface area (TPSA) is 83.0 Å². The number of aliphatic hydroxyl groups is 1.